The lowest BCUT2D eigenvalue weighted by atomic mass is 10.2. The molecule has 0 aliphatic rings. The van der Waals surface area contributed by atoms with E-state index >= 15 is 0 Å². The Kier molecular flexibility index (Phi) is 6.61. The van der Waals surface area contributed by atoms with Crippen molar-refractivity contribution in [2.24, 2.45) is 0 Å². The summed E-state index contributed by atoms with van der Waals surface area (Å²) in [5, 5.41) is 5.89. The Morgan fingerprint density at radius 1 is 1.19 bits per heavy atom. The number of nitrogens with one attached hydrogen (secondary N) is 2. The highest BCUT2D eigenvalue weighted by Gasteiger charge is 2.15. The molecule has 0 spiro atoms. The molecular weight excluding hydrogens is 288 g/mol. The molecule has 6 nitrogen and oxygen atoms in total. The predicted molar refractivity (Wildman–Crippen MR) is 83.3 cm³/mol. The summed E-state index contributed by atoms with van der Waals surface area (Å²) in [6.45, 7) is 9.85. The van der Waals surface area contributed by atoms with Gasteiger partial charge in [0.25, 0.3) is 0 Å². The van der Waals surface area contributed by atoms with Crippen LogP contribution in [0.25, 0.3) is 0 Å². The molecule has 1 heterocycles. The van der Waals surface area contributed by atoms with Crippen molar-refractivity contribution in [3.8, 4) is 0 Å². The largest absolute Gasteiger partial charge is 0.355 e. The maximum atomic E-state index is 11.8. The molecule has 0 saturated carbocycles. The Labute approximate surface area is 129 Å². The van der Waals surface area contributed by atoms with Crippen molar-refractivity contribution in [2.45, 2.75) is 45.8 Å². The third-order valence-electron chi connectivity index (χ3n) is 3.07. The lowest BCUT2D eigenvalue weighted by Crippen LogP contribution is -2.45. The van der Waals surface area contributed by atoms with Crippen molar-refractivity contribution in [1.82, 2.24) is 20.6 Å². The SMILES string of the molecule is CCNC(=O)[C@@H](C)NC(=O)CSc1nc(C)c(C)c(C)n1. The minimum Gasteiger partial charge on any atom is -0.355 e. The van der Waals surface area contributed by atoms with Crippen LogP contribution in [0.4, 0.5) is 0 Å². The highest BCUT2D eigenvalue weighted by atomic mass is 32.2. The number of nitrogens with zero attached hydrogens (tertiary/aromatic N) is 2. The van der Waals surface area contributed by atoms with Crippen molar-refractivity contribution in [3.05, 3.63) is 17.0 Å². The summed E-state index contributed by atoms with van der Waals surface area (Å²) < 4.78 is 0. The molecule has 2 N–H and O–H groups in total. The summed E-state index contributed by atoms with van der Waals surface area (Å²) in [4.78, 5) is 32.0. The van der Waals surface area contributed by atoms with Gasteiger partial charge in [0.05, 0.1) is 5.75 Å². The molecule has 116 valence electrons. The zero-order chi connectivity index (χ0) is 16.0. The standard InChI is InChI=1S/C14H22N4O2S/c1-6-15-13(20)11(5)16-12(19)7-21-14-17-9(3)8(2)10(4)18-14/h11H,6-7H2,1-5H3,(H,15,20)(H,16,19)/t11-/m1/s1. The molecule has 0 aromatic carbocycles. The van der Waals surface area contributed by atoms with Crippen LogP contribution < -0.4 is 10.6 Å². The van der Waals surface area contributed by atoms with Gasteiger partial charge in [0.2, 0.25) is 11.8 Å². The van der Waals surface area contributed by atoms with Crippen LogP contribution in [0.3, 0.4) is 0 Å². The van der Waals surface area contributed by atoms with Crippen LogP contribution in [-0.4, -0.2) is 40.1 Å². The number of carbonyl (C=O) groups is 2. The van der Waals surface area contributed by atoms with E-state index in [-0.39, 0.29) is 17.6 Å². The number of aryl methyl sites for hydroxylation is 2. The second-order valence-electron chi connectivity index (χ2n) is 4.77. The number of likely N-dealkylation sites (N-methyl/N-ethyl adjacent to an activating group) is 1. The van der Waals surface area contributed by atoms with Crippen LogP contribution in [0.1, 0.15) is 30.8 Å². The van der Waals surface area contributed by atoms with E-state index in [1.165, 1.54) is 11.8 Å². The Morgan fingerprint density at radius 2 is 1.76 bits per heavy atom. The Hall–Kier alpha value is -1.63. The van der Waals surface area contributed by atoms with E-state index < -0.39 is 6.04 Å². The van der Waals surface area contributed by atoms with E-state index in [0.717, 1.165) is 17.0 Å². The minimum atomic E-state index is -0.541. The molecule has 0 saturated heterocycles. The summed E-state index contributed by atoms with van der Waals surface area (Å²) in [6.07, 6.45) is 0. The summed E-state index contributed by atoms with van der Waals surface area (Å²) in [5.74, 6) is -0.210. The number of aromatic nitrogens is 2. The van der Waals surface area contributed by atoms with Gasteiger partial charge >= 0.3 is 0 Å². The van der Waals surface area contributed by atoms with Crippen molar-refractivity contribution in [3.63, 3.8) is 0 Å². The zero-order valence-electron chi connectivity index (χ0n) is 13.1. The van der Waals surface area contributed by atoms with Crippen LogP contribution in [0.5, 0.6) is 0 Å². The van der Waals surface area contributed by atoms with Gasteiger partial charge in [-0.15, -0.1) is 0 Å². The van der Waals surface area contributed by atoms with Crippen LogP contribution in [0.15, 0.2) is 5.16 Å². The number of carbonyl (C=O) groups excluding carboxylic acids is 2. The molecule has 2 amide bonds. The highest BCUT2D eigenvalue weighted by Crippen LogP contribution is 2.16. The van der Waals surface area contributed by atoms with E-state index in [1.54, 1.807) is 6.92 Å². The zero-order valence-corrected chi connectivity index (χ0v) is 13.9. The van der Waals surface area contributed by atoms with E-state index in [1.807, 2.05) is 27.7 Å². The molecule has 0 bridgehead atoms. The summed E-state index contributed by atoms with van der Waals surface area (Å²) in [7, 11) is 0. The first-order chi connectivity index (χ1) is 9.85. The molecule has 1 rings (SSSR count). The van der Waals surface area contributed by atoms with Gasteiger partial charge in [0, 0.05) is 17.9 Å². The van der Waals surface area contributed by atoms with Gasteiger partial charge in [-0.3, -0.25) is 9.59 Å². The minimum absolute atomic E-state index is 0.186. The van der Waals surface area contributed by atoms with Crippen molar-refractivity contribution >= 4 is 23.6 Å². The highest BCUT2D eigenvalue weighted by molar-refractivity contribution is 7.99. The van der Waals surface area contributed by atoms with Gasteiger partial charge in [-0.25, -0.2) is 9.97 Å². The third kappa shape index (κ3) is 5.34. The lowest BCUT2D eigenvalue weighted by Gasteiger charge is -2.13. The second-order valence-corrected chi connectivity index (χ2v) is 5.72. The molecular formula is C14H22N4O2S. The smallest absolute Gasteiger partial charge is 0.242 e. The van der Waals surface area contributed by atoms with Gasteiger partial charge in [-0.1, -0.05) is 11.8 Å². The summed E-state index contributed by atoms with van der Waals surface area (Å²) in [5.41, 5.74) is 2.90. The monoisotopic (exact) mass is 310 g/mol. The average molecular weight is 310 g/mol. The van der Waals surface area contributed by atoms with E-state index in [4.69, 9.17) is 0 Å². The molecule has 1 aromatic rings. The average Bonchev–Trinajstić information content (AvgIpc) is 2.42. The summed E-state index contributed by atoms with van der Waals surface area (Å²) >= 11 is 1.27. The molecule has 0 fully saturated rings. The number of thioether (sulfide) groups is 1. The van der Waals surface area contributed by atoms with Crippen LogP contribution in [0.2, 0.25) is 0 Å². The molecule has 0 unspecified atom stereocenters. The molecule has 1 aromatic heterocycles. The normalized spacial score (nSPS) is 11.9. The molecule has 21 heavy (non-hydrogen) atoms. The van der Waals surface area contributed by atoms with E-state index in [0.29, 0.717) is 11.7 Å². The number of rotatable bonds is 6. The van der Waals surface area contributed by atoms with Crippen LogP contribution in [0, 0.1) is 20.8 Å². The van der Waals surface area contributed by atoms with Crippen molar-refractivity contribution in [2.75, 3.05) is 12.3 Å². The number of amides is 2. The van der Waals surface area contributed by atoms with E-state index in [9.17, 15) is 9.59 Å². The molecule has 0 aliphatic carbocycles. The lowest BCUT2D eigenvalue weighted by molar-refractivity contribution is -0.127. The molecule has 1 atom stereocenters. The van der Waals surface area contributed by atoms with Gasteiger partial charge in [-0.2, -0.15) is 0 Å². The van der Waals surface area contributed by atoms with Crippen LogP contribution >= 0.6 is 11.8 Å². The second kappa shape index (κ2) is 7.97. The van der Waals surface area contributed by atoms with Crippen LogP contribution in [-0.2, 0) is 9.59 Å². The fourth-order valence-electron chi connectivity index (χ4n) is 1.61. The first-order valence-corrected chi connectivity index (χ1v) is 7.85. The van der Waals surface area contributed by atoms with Gasteiger partial charge in [0.15, 0.2) is 5.16 Å². The van der Waals surface area contributed by atoms with Gasteiger partial charge in [-0.05, 0) is 40.2 Å². The third-order valence-corrected chi connectivity index (χ3v) is 3.91. The topological polar surface area (TPSA) is 84.0 Å². The van der Waals surface area contributed by atoms with Gasteiger partial charge in [0.1, 0.15) is 6.04 Å². The summed E-state index contributed by atoms with van der Waals surface area (Å²) in [6, 6.07) is -0.541. The van der Waals surface area contributed by atoms with Crippen molar-refractivity contribution < 1.29 is 9.59 Å². The number of hydrogen-bond acceptors (Lipinski definition) is 5. The van der Waals surface area contributed by atoms with Gasteiger partial charge < -0.3 is 10.6 Å². The maximum Gasteiger partial charge on any atom is 0.242 e. The Morgan fingerprint density at radius 3 is 2.29 bits per heavy atom. The van der Waals surface area contributed by atoms with Crippen molar-refractivity contribution in [1.29, 1.82) is 0 Å². The fourth-order valence-corrected chi connectivity index (χ4v) is 2.36. The maximum absolute atomic E-state index is 11.8. The quantitative estimate of drug-likeness (QED) is 0.608. The molecule has 0 aliphatic heterocycles. The first kappa shape index (κ1) is 17.4. The predicted octanol–water partition coefficient (Wildman–Crippen LogP) is 1.13. The molecule has 7 heteroatoms. The Bertz CT molecular complexity index is 511. The Balaban J connectivity index is 2.52. The number of hydrogen-bond donors (Lipinski definition) is 2. The first-order valence-electron chi connectivity index (χ1n) is 6.86. The molecule has 0 radical (unpaired) electrons. The fraction of sp³-hybridized carbons (Fsp3) is 0.571. The van der Waals surface area contributed by atoms with E-state index in [2.05, 4.69) is 20.6 Å².